The van der Waals surface area contributed by atoms with Crippen LogP contribution < -0.4 is 10.6 Å². The Morgan fingerprint density at radius 2 is 1.68 bits per heavy atom. The minimum Gasteiger partial charge on any atom is -0.383 e. The topological polar surface area (TPSA) is 90.6 Å². The Labute approximate surface area is 167 Å². The predicted octanol–water partition coefficient (Wildman–Crippen LogP) is 3.55. The minimum atomic E-state index is 0.539. The summed E-state index contributed by atoms with van der Waals surface area (Å²) in [5, 5.41) is 6.80. The quantitative estimate of drug-likeness (QED) is 0.296. The molecule has 1 aromatic carbocycles. The van der Waals surface area contributed by atoms with Crippen LogP contribution in [0.15, 0.2) is 54.9 Å². The van der Waals surface area contributed by atoms with Gasteiger partial charge in [-0.25, -0.2) is 9.97 Å². The molecule has 0 amide bonds. The molecule has 3 heterocycles. The lowest BCUT2D eigenvalue weighted by atomic mass is 10.1. The molecule has 0 aliphatic carbocycles. The third-order valence-corrected chi connectivity index (χ3v) is 4.47. The zero-order chi connectivity index (χ0) is 19.3. The molecule has 0 bridgehead atoms. The summed E-state index contributed by atoms with van der Waals surface area (Å²) in [4.78, 5) is 16.2. The summed E-state index contributed by atoms with van der Waals surface area (Å²) < 4.78 is 5.02. The second kappa shape index (κ2) is 8.20. The van der Waals surface area contributed by atoms with Gasteiger partial charge in [0.2, 0.25) is 0 Å². The maximum absolute atomic E-state index is 5.31. The summed E-state index contributed by atoms with van der Waals surface area (Å²) in [5.74, 6) is 0. The molecule has 0 aliphatic rings. The molecule has 0 atom stereocenters. The van der Waals surface area contributed by atoms with Crippen molar-refractivity contribution in [1.29, 1.82) is 0 Å². The lowest BCUT2D eigenvalue weighted by molar-refractivity contribution is 0.204. The van der Waals surface area contributed by atoms with Crippen molar-refractivity contribution < 1.29 is 4.74 Å². The van der Waals surface area contributed by atoms with E-state index in [2.05, 4.69) is 20.6 Å². The molecule has 4 aromatic rings. The predicted molar refractivity (Wildman–Crippen MR) is 115 cm³/mol. The fourth-order valence-electron chi connectivity index (χ4n) is 2.90. The molecule has 8 heteroatoms. The summed E-state index contributed by atoms with van der Waals surface area (Å²) in [6, 6.07) is 13.7. The molecule has 0 fully saturated rings. The van der Waals surface area contributed by atoms with E-state index in [1.807, 2.05) is 54.9 Å². The van der Waals surface area contributed by atoms with Crippen molar-refractivity contribution in [2.75, 3.05) is 25.6 Å². The van der Waals surface area contributed by atoms with Gasteiger partial charge in [-0.2, -0.15) is 0 Å². The van der Waals surface area contributed by atoms with E-state index >= 15 is 0 Å². The van der Waals surface area contributed by atoms with E-state index < -0.39 is 0 Å². The van der Waals surface area contributed by atoms with Gasteiger partial charge in [-0.15, -0.1) is 0 Å². The number of H-pyrrole nitrogens is 2. The maximum Gasteiger partial charge on any atom is 0.170 e. The van der Waals surface area contributed by atoms with Crippen molar-refractivity contribution in [1.82, 2.24) is 25.3 Å². The van der Waals surface area contributed by atoms with Crippen molar-refractivity contribution in [2.24, 2.45) is 0 Å². The highest BCUT2D eigenvalue weighted by Gasteiger charge is 2.14. The number of aromatic amines is 2. The fourth-order valence-corrected chi connectivity index (χ4v) is 3.12. The van der Waals surface area contributed by atoms with Crippen LogP contribution >= 0.6 is 12.2 Å². The molecule has 28 heavy (non-hydrogen) atoms. The molecule has 0 aliphatic heterocycles. The second-order valence-electron chi connectivity index (χ2n) is 6.17. The molecule has 7 nitrogen and oxygen atoms in total. The largest absolute Gasteiger partial charge is 0.383 e. The third-order valence-electron chi connectivity index (χ3n) is 4.22. The Kier molecular flexibility index (Phi) is 5.31. The average Bonchev–Trinajstić information content (AvgIpc) is 3.41. The number of fused-ring (bicyclic) bond motifs is 1. The molecule has 4 rings (SSSR count). The molecule has 0 unspecified atom stereocenters. The van der Waals surface area contributed by atoms with E-state index in [1.165, 1.54) is 0 Å². The normalized spacial score (nSPS) is 10.9. The van der Waals surface area contributed by atoms with Gasteiger partial charge >= 0.3 is 0 Å². The van der Waals surface area contributed by atoms with Crippen LogP contribution in [-0.2, 0) is 4.74 Å². The number of benzene rings is 1. The molecule has 3 aromatic heterocycles. The van der Waals surface area contributed by atoms with Crippen LogP contribution in [0.3, 0.4) is 0 Å². The molecule has 142 valence electrons. The summed E-state index contributed by atoms with van der Waals surface area (Å²) in [5.41, 5.74) is 5.87. The first-order valence-electron chi connectivity index (χ1n) is 8.88. The summed E-state index contributed by atoms with van der Waals surface area (Å²) in [6.07, 6.45) is 3.76. The van der Waals surface area contributed by atoms with Gasteiger partial charge in [-0.1, -0.05) is 0 Å². The van der Waals surface area contributed by atoms with E-state index in [-0.39, 0.29) is 0 Å². The van der Waals surface area contributed by atoms with Crippen LogP contribution in [0.25, 0.3) is 33.8 Å². The highest BCUT2D eigenvalue weighted by atomic mass is 32.1. The van der Waals surface area contributed by atoms with Crippen LogP contribution in [0.5, 0.6) is 0 Å². The Bertz CT molecular complexity index is 1080. The number of anilines is 1. The first kappa shape index (κ1) is 18.1. The maximum atomic E-state index is 5.31. The van der Waals surface area contributed by atoms with E-state index in [4.69, 9.17) is 26.9 Å². The van der Waals surface area contributed by atoms with Crippen molar-refractivity contribution in [3.05, 3.63) is 54.9 Å². The van der Waals surface area contributed by atoms with Gasteiger partial charge in [0, 0.05) is 31.7 Å². The molecule has 0 radical (unpaired) electrons. The number of rotatable bonds is 6. The third kappa shape index (κ3) is 3.88. The standard InChI is InChI=1S/C20H20N6OS/c1-27-11-10-23-20(28)24-13-6-7-14-17(12-13)26-19(16-5-3-9-22-16)18(25-14)15-4-2-8-21-15/h2-9,12,21-22H,10-11H2,1H3,(H2,23,24,28). The van der Waals surface area contributed by atoms with E-state index in [1.54, 1.807) is 7.11 Å². The molecule has 0 saturated carbocycles. The number of hydrogen-bond donors (Lipinski definition) is 4. The van der Waals surface area contributed by atoms with Crippen LogP contribution in [0, 0.1) is 0 Å². The van der Waals surface area contributed by atoms with Crippen LogP contribution in [0.4, 0.5) is 5.69 Å². The summed E-state index contributed by atoms with van der Waals surface area (Å²) >= 11 is 5.31. The fraction of sp³-hybridized carbons (Fsp3) is 0.150. The van der Waals surface area contributed by atoms with Gasteiger partial charge < -0.3 is 25.3 Å². The average molecular weight is 392 g/mol. The van der Waals surface area contributed by atoms with Gasteiger partial charge in [0.15, 0.2) is 5.11 Å². The Balaban J connectivity index is 1.69. The van der Waals surface area contributed by atoms with Crippen molar-refractivity contribution in [3.63, 3.8) is 0 Å². The Morgan fingerprint density at radius 1 is 1.00 bits per heavy atom. The van der Waals surface area contributed by atoms with Gasteiger partial charge in [0.05, 0.1) is 29.0 Å². The Hall–Kier alpha value is -3.23. The highest BCUT2D eigenvalue weighted by Crippen LogP contribution is 2.29. The molecular formula is C20H20N6OS. The van der Waals surface area contributed by atoms with E-state index in [0.717, 1.165) is 39.5 Å². The summed E-state index contributed by atoms with van der Waals surface area (Å²) in [7, 11) is 1.66. The lowest BCUT2D eigenvalue weighted by Crippen LogP contribution is -2.31. The lowest BCUT2D eigenvalue weighted by Gasteiger charge is -2.12. The first-order valence-corrected chi connectivity index (χ1v) is 9.28. The molecule has 0 spiro atoms. The zero-order valence-electron chi connectivity index (χ0n) is 15.3. The number of hydrogen-bond acceptors (Lipinski definition) is 4. The van der Waals surface area contributed by atoms with Crippen LogP contribution in [0.1, 0.15) is 0 Å². The van der Waals surface area contributed by atoms with Crippen molar-refractivity contribution in [2.45, 2.75) is 0 Å². The van der Waals surface area contributed by atoms with Crippen LogP contribution in [0.2, 0.25) is 0 Å². The number of nitrogens with zero attached hydrogens (tertiary/aromatic N) is 2. The van der Waals surface area contributed by atoms with Gasteiger partial charge in [0.25, 0.3) is 0 Å². The van der Waals surface area contributed by atoms with Gasteiger partial charge in [-0.3, -0.25) is 0 Å². The van der Waals surface area contributed by atoms with E-state index in [9.17, 15) is 0 Å². The Morgan fingerprint density at radius 3 is 2.29 bits per heavy atom. The highest BCUT2D eigenvalue weighted by molar-refractivity contribution is 7.80. The van der Waals surface area contributed by atoms with Crippen LogP contribution in [-0.4, -0.2) is 45.3 Å². The first-order chi connectivity index (χ1) is 13.7. The van der Waals surface area contributed by atoms with E-state index in [0.29, 0.717) is 18.3 Å². The molecule has 0 saturated heterocycles. The zero-order valence-corrected chi connectivity index (χ0v) is 16.1. The van der Waals surface area contributed by atoms with Crippen molar-refractivity contribution in [3.8, 4) is 22.8 Å². The van der Waals surface area contributed by atoms with Gasteiger partial charge in [0.1, 0.15) is 11.4 Å². The molecular weight excluding hydrogens is 372 g/mol. The number of nitrogens with one attached hydrogen (secondary N) is 4. The smallest absolute Gasteiger partial charge is 0.170 e. The SMILES string of the molecule is COCCNC(=S)Nc1ccc2nc(-c3ccc[nH]3)c(-c3ccc[nH]3)nc2c1. The number of thiocarbonyl (C=S) groups is 1. The monoisotopic (exact) mass is 392 g/mol. The number of ether oxygens (including phenoxy) is 1. The summed E-state index contributed by atoms with van der Waals surface area (Å²) in [6.45, 7) is 1.23. The number of aromatic nitrogens is 4. The van der Waals surface area contributed by atoms with Gasteiger partial charge in [-0.05, 0) is 54.7 Å². The molecule has 4 N–H and O–H groups in total. The number of methoxy groups -OCH3 is 1. The van der Waals surface area contributed by atoms with Crippen molar-refractivity contribution >= 4 is 34.1 Å². The second-order valence-corrected chi connectivity index (χ2v) is 6.57. The minimum absolute atomic E-state index is 0.539.